The van der Waals surface area contributed by atoms with E-state index < -0.39 is 0 Å². The maximum Gasteiger partial charge on any atom is 0.293 e. The number of aryl methyl sites for hydroxylation is 1. The second kappa shape index (κ2) is 9.46. The molecule has 2 fully saturated rings. The first kappa shape index (κ1) is 21.8. The molecule has 1 aromatic carbocycles. The van der Waals surface area contributed by atoms with Gasteiger partial charge in [0.1, 0.15) is 17.3 Å². The molecular weight excluding hydrogens is 424 g/mol. The predicted octanol–water partition coefficient (Wildman–Crippen LogP) is 2.77. The van der Waals surface area contributed by atoms with Crippen LogP contribution in [0.3, 0.4) is 0 Å². The molecule has 0 aliphatic carbocycles. The maximum atomic E-state index is 12.9. The van der Waals surface area contributed by atoms with Crippen LogP contribution in [0.5, 0.6) is 0 Å². The Balaban J connectivity index is 1.39. The number of piperidine rings is 1. The standard InChI is InChI=1S/C23H30N6O4/c30-23(26-11-13-33-14-12-26)17-7-8-19(20(15-17)29(31)32)27-9-4-5-18(16-27)22-25-24-21-6-2-1-3-10-28(21)22/h7-8,15,18H,1-6,9-14,16H2. The largest absolute Gasteiger partial charge is 0.378 e. The number of benzene rings is 1. The molecule has 0 spiro atoms. The summed E-state index contributed by atoms with van der Waals surface area (Å²) in [6.45, 7) is 4.36. The van der Waals surface area contributed by atoms with Gasteiger partial charge in [0.15, 0.2) is 0 Å². The molecule has 1 atom stereocenters. The lowest BCUT2D eigenvalue weighted by molar-refractivity contribution is -0.384. The zero-order valence-corrected chi connectivity index (χ0v) is 18.8. The van der Waals surface area contributed by atoms with E-state index in [0.29, 0.717) is 44.1 Å². The number of carbonyl (C=O) groups excluding carboxylic acids is 1. The van der Waals surface area contributed by atoms with E-state index in [2.05, 4.69) is 19.7 Å². The van der Waals surface area contributed by atoms with Crippen molar-refractivity contribution in [2.24, 2.45) is 0 Å². The van der Waals surface area contributed by atoms with E-state index in [4.69, 9.17) is 4.74 Å². The minimum Gasteiger partial charge on any atom is -0.378 e. The molecule has 0 bridgehead atoms. The Kier molecular flexibility index (Phi) is 6.26. The summed E-state index contributed by atoms with van der Waals surface area (Å²) in [5, 5.41) is 20.9. The number of anilines is 1. The van der Waals surface area contributed by atoms with Crippen LogP contribution in [0.1, 0.15) is 60.0 Å². The molecule has 0 saturated carbocycles. The van der Waals surface area contributed by atoms with E-state index in [0.717, 1.165) is 56.8 Å². The average molecular weight is 455 g/mol. The molecule has 176 valence electrons. The summed E-state index contributed by atoms with van der Waals surface area (Å²) in [4.78, 5) is 28.2. The summed E-state index contributed by atoms with van der Waals surface area (Å²) in [7, 11) is 0. The molecule has 0 radical (unpaired) electrons. The van der Waals surface area contributed by atoms with E-state index in [1.165, 1.54) is 12.5 Å². The summed E-state index contributed by atoms with van der Waals surface area (Å²) < 4.78 is 7.59. The third-order valence-electron chi connectivity index (χ3n) is 6.98. The van der Waals surface area contributed by atoms with Crippen molar-refractivity contribution in [3.05, 3.63) is 45.5 Å². The summed E-state index contributed by atoms with van der Waals surface area (Å²) in [5.41, 5.74) is 0.900. The highest BCUT2D eigenvalue weighted by atomic mass is 16.6. The molecular formula is C23H30N6O4. The lowest BCUT2D eigenvalue weighted by atomic mass is 9.96. The van der Waals surface area contributed by atoms with Crippen molar-refractivity contribution in [1.29, 1.82) is 0 Å². The smallest absolute Gasteiger partial charge is 0.293 e. The number of hydrogen-bond donors (Lipinski definition) is 0. The highest BCUT2D eigenvalue weighted by molar-refractivity contribution is 5.96. The van der Waals surface area contributed by atoms with Gasteiger partial charge in [0.2, 0.25) is 0 Å². The summed E-state index contributed by atoms with van der Waals surface area (Å²) in [6, 6.07) is 4.88. The highest BCUT2D eigenvalue weighted by Gasteiger charge is 2.31. The van der Waals surface area contributed by atoms with E-state index in [-0.39, 0.29) is 22.4 Å². The Morgan fingerprint density at radius 1 is 1.06 bits per heavy atom. The molecule has 1 amide bonds. The van der Waals surface area contributed by atoms with Crippen LogP contribution < -0.4 is 4.90 Å². The van der Waals surface area contributed by atoms with Crippen molar-refractivity contribution in [3.8, 4) is 0 Å². The first-order chi connectivity index (χ1) is 16.1. The number of ether oxygens (including phenoxy) is 1. The van der Waals surface area contributed by atoms with Crippen LogP contribution >= 0.6 is 0 Å². The second-order valence-corrected chi connectivity index (χ2v) is 9.09. The molecule has 3 aliphatic rings. The van der Waals surface area contributed by atoms with Gasteiger partial charge in [-0.05, 0) is 37.8 Å². The summed E-state index contributed by atoms with van der Waals surface area (Å²) in [6.07, 6.45) is 6.39. The molecule has 10 nitrogen and oxygen atoms in total. The molecule has 3 aliphatic heterocycles. The quantitative estimate of drug-likeness (QED) is 0.516. The highest BCUT2D eigenvalue weighted by Crippen LogP contribution is 2.35. The van der Waals surface area contributed by atoms with Crippen LogP contribution in [-0.4, -0.2) is 69.9 Å². The van der Waals surface area contributed by atoms with Crippen molar-refractivity contribution < 1.29 is 14.5 Å². The Labute approximate surface area is 192 Å². The van der Waals surface area contributed by atoms with Gasteiger partial charge in [0, 0.05) is 56.7 Å². The normalized spacial score (nSPS) is 21.4. The lowest BCUT2D eigenvalue weighted by Gasteiger charge is -2.34. The van der Waals surface area contributed by atoms with Crippen LogP contribution in [0.4, 0.5) is 11.4 Å². The van der Waals surface area contributed by atoms with Gasteiger partial charge in [0.05, 0.1) is 18.1 Å². The first-order valence-corrected chi connectivity index (χ1v) is 11.9. The van der Waals surface area contributed by atoms with Crippen molar-refractivity contribution >= 4 is 17.3 Å². The molecule has 10 heteroatoms. The zero-order valence-electron chi connectivity index (χ0n) is 18.8. The fourth-order valence-corrected chi connectivity index (χ4v) is 5.24. The summed E-state index contributed by atoms with van der Waals surface area (Å²) in [5.74, 6) is 2.08. The predicted molar refractivity (Wildman–Crippen MR) is 122 cm³/mol. The number of rotatable bonds is 4. The zero-order chi connectivity index (χ0) is 22.8. The number of nitro groups is 1. The van der Waals surface area contributed by atoms with E-state index >= 15 is 0 Å². The SMILES string of the molecule is O=C(c1ccc(N2CCCC(c3nnc4n3CCCCC4)C2)c([N+](=O)[O-])c1)N1CCOCC1. The van der Waals surface area contributed by atoms with Gasteiger partial charge in [-0.3, -0.25) is 14.9 Å². The molecule has 2 aromatic rings. The van der Waals surface area contributed by atoms with Crippen LogP contribution in [0.15, 0.2) is 18.2 Å². The van der Waals surface area contributed by atoms with Gasteiger partial charge < -0.3 is 19.1 Å². The van der Waals surface area contributed by atoms with E-state index in [1.807, 2.05) is 0 Å². The average Bonchev–Trinajstić information content (AvgIpc) is 3.12. The fraction of sp³-hybridized carbons (Fsp3) is 0.609. The second-order valence-electron chi connectivity index (χ2n) is 9.09. The third kappa shape index (κ3) is 4.44. The van der Waals surface area contributed by atoms with Crippen molar-refractivity contribution in [2.45, 2.75) is 51.0 Å². The van der Waals surface area contributed by atoms with Crippen LogP contribution in [0.2, 0.25) is 0 Å². The molecule has 4 heterocycles. The van der Waals surface area contributed by atoms with Crippen LogP contribution in [-0.2, 0) is 17.7 Å². The monoisotopic (exact) mass is 454 g/mol. The number of nitro benzene ring substituents is 1. The number of hydrogen-bond acceptors (Lipinski definition) is 7. The molecule has 5 rings (SSSR count). The van der Waals surface area contributed by atoms with Crippen molar-refractivity contribution in [3.63, 3.8) is 0 Å². The van der Waals surface area contributed by atoms with Gasteiger partial charge in [-0.1, -0.05) is 6.42 Å². The maximum absolute atomic E-state index is 12.9. The van der Waals surface area contributed by atoms with Crippen LogP contribution in [0.25, 0.3) is 0 Å². The Morgan fingerprint density at radius 2 is 1.91 bits per heavy atom. The van der Waals surface area contributed by atoms with Crippen molar-refractivity contribution in [1.82, 2.24) is 19.7 Å². The van der Waals surface area contributed by atoms with Gasteiger partial charge >= 0.3 is 0 Å². The fourth-order valence-electron chi connectivity index (χ4n) is 5.24. The topological polar surface area (TPSA) is 107 Å². The van der Waals surface area contributed by atoms with Crippen LogP contribution in [0, 0.1) is 10.1 Å². The van der Waals surface area contributed by atoms with Gasteiger partial charge in [0.25, 0.3) is 11.6 Å². The summed E-state index contributed by atoms with van der Waals surface area (Å²) >= 11 is 0. The first-order valence-electron chi connectivity index (χ1n) is 11.9. The molecule has 33 heavy (non-hydrogen) atoms. The van der Waals surface area contributed by atoms with Gasteiger partial charge in [-0.2, -0.15) is 0 Å². The van der Waals surface area contributed by atoms with Gasteiger partial charge in [-0.25, -0.2) is 0 Å². The number of morpholine rings is 1. The number of fused-ring (bicyclic) bond motifs is 1. The van der Waals surface area contributed by atoms with Crippen molar-refractivity contribution in [2.75, 3.05) is 44.3 Å². The number of nitrogens with zero attached hydrogens (tertiary/aromatic N) is 6. The Hall–Kier alpha value is -3.01. The lowest BCUT2D eigenvalue weighted by Crippen LogP contribution is -2.40. The molecule has 0 N–H and O–H groups in total. The number of amides is 1. The van der Waals surface area contributed by atoms with Gasteiger partial charge in [-0.15, -0.1) is 10.2 Å². The third-order valence-corrected chi connectivity index (χ3v) is 6.98. The Morgan fingerprint density at radius 3 is 2.73 bits per heavy atom. The van der Waals surface area contributed by atoms with E-state index in [1.54, 1.807) is 17.0 Å². The Bertz CT molecular complexity index is 1030. The molecule has 1 unspecified atom stereocenters. The minimum atomic E-state index is -0.377. The van der Waals surface area contributed by atoms with E-state index in [9.17, 15) is 14.9 Å². The number of aromatic nitrogens is 3. The minimum absolute atomic E-state index is 0.0187. The molecule has 2 saturated heterocycles. The number of carbonyl (C=O) groups is 1. The molecule has 1 aromatic heterocycles.